The van der Waals surface area contributed by atoms with Crippen LogP contribution in [0.3, 0.4) is 0 Å². The van der Waals surface area contributed by atoms with E-state index in [9.17, 15) is 10.2 Å². The molecule has 4 heteroatoms. The first-order valence-corrected chi connectivity index (χ1v) is 9.30. The van der Waals surface area contributed by atoms with E-state index in [2.05, 4.69) is 25.2 Å². The molecule has 122 valence electrons. The van der Waals surface area contributed by atoms with Crippen molar-refractivity contribution in [1.82, 2.24) is 5.32 Å². The van der Waals surface area contributed by atoms with Crippen LogP contribution in [0.2, 0.25) is 0 Å². The highest BCUT2D eigenvalue weighted by molar-refractivity contribution is 7.12. The molecule has 2 heterocycles. The summed E-state index contributed by atoms with van der Waals surface area (Å²) in [6.07, 6.45) is 3.19. The SMILES string of the molecule is CCC(C)c1cc2c(s1)CN[C@H]1CCc3cc(O)c(O)cc3[C@H]21. The monoisotopic (exact) mass is 329 g/mol. The van der Waals surface area contributed by atoms with Crippen molar-refractivity contribution in [3.63, 3.8) is 0 Å². The fraction of sp³-hybridized carbons (Fsp3) is 0.474. The third-order valence-corrected chi connectivity index (χ3v) is 6.90. The average molecular weight is 329 g/mol. The molecule has 3 nitrogen and oxygen atoms in total. The van der Waals surface area contributed by atoms with E-state index in [0.29, 0.717) is 17.9 Å². The van der Waals surface area contributed by atoms with Crippen molar-refractivity contribution in [2.24, 2.45) is 0 Å². The minimum absolute atomic E-state index is 0.00296. The van der Waals surface area contributed by atoms with Crippen LogP contribution in [0.15, 0.2) is 18.2 Å². The Hall–Kier alpha value is -1.52. The standard InChI is InChI=1S/C19H23NO2S/c1-3-10(2)17-8-13-18(23-17)9-20-14-5-4-11-6-15(21)16(22)7-12(11)19(13)14/h6-8,10,14,19-22H,3-5,9H2,1-2H3/t10?,14-,19+/m0/s1. The Kier molecular flexibility index (Phi) is 3.62. The molecule has 3 atom stereocenters. The van der Waals surface area contributed by atoms with Gasteiger partial charge in [-0.1, -0.05) is 13.8 Å². The van der Waals surface area contributed by atoms with Gasteiger partial charge in [-0.05, 0) is 60.1 Å². The van der Waals surface area contributed by atoms with Gasteiger partial charge in [0.25, 0.3) is 0 Å². The molecule has 1 aliphatic heterocycles. The topological polar surface area (TPSA) is 52.5 Å². The number of aromatic hydroxyl groups is 2. The molecule has 0 saturated carbocycles. The summed E-state index contributed by atoms with van der Waals surface area (Å²) in [7, 11) is 0. The molecule has 3 N–H and O–H groups in total. The molecule has 23 heavy (non-hydrogen) atoms. The molecule has 1 aliphatic carbocycles. The van der Waals surface area contributed by atoms with Crippen LogP contribution in [-0.4, -0.2) is 16.3 Å². The van der Waals surface area contributed by atoms with Crippen LogP contribution in [0.5, 0.6) is 11.5 Å². The molecule has 1 unspecified atom stereocenters. The Balaban J connectivity index is 1.83. The summed E-state index contributed by atoms with van der Waals surface area (Å²) in [4.78, 5) is 2.90. The first kappa shape index (κ1) is 15.0. The summed E-state index contributed by atoms with van der Waals surface area (Å²) in [5, 5.41) is 23.5. The lowest BCUT2D eigenvalue weighted by Gasteiger charge is -2.38. The van der Waals surface area contributed by atoms with Crippen LogP contribution in [-0.2, 0) is 13.0 Å². The lowest BCUT2D eigenvalue weighted by molar-refractivity contribution is 0.382. The van der Waals surface area contributed by atoms with E-state index >= 15 is 0 Å². The Morgan fingerprint density at radius 1 is 1.22 bits per heavy atom. The molecular weight excluding hydrogens is 306 g/mol. The first-order chi connectivity index (χ1) is 11.1. The van der Waals surface area contributed by atoms with Gasteiger partial charge in [-0.25, -0.2) is 0 Å². The Morgan fingerprint density at radius 3 is 2.78 bits per heavy atom. The van der Waals surface area contributed by atoms with E-state index in [1.807, 2.05) is 11.3 Å². The number of phenols is 2. The highest BCUT2D eigenvalue weighted by Crippen LogP contribution is 2.47. The van der Waals surface area contributed by atoms with Crippen LogP contribution in [0.4, 0.5) is 0 Å². The molecule has 0 saturated heterocycles. The predicted molar refractivity (Wildman–Crippen MR) is 93.6 cm³/mol. The molecule has 1 aromatic heterocycles. The third kappa shape index (κ3) is 2.36. The fourth-order valence-electron chi connectivity index (χ4n) is 3.97. The van der Waals surface area contributed by atoms with Crippen molar-refractivity contribution >= 4 is 11.3 Å². The molecule has 0 radical (unpaired) electrons. The van der Waals surface area contributed by atoms with Crippen molar-refractivity contribution in [3.05, 3.63) is 44.6 Å². The van der Waals surface area contributed by atoms with Gasteiger partial charge in [0.2, 0.25) is 0 Å². The fourth-order valence-corrected chi connectivity index (χ4v) is 5.27. The quantitative estimate of drug-likeness (QED) is 0.723. The molecule has 2 aliphatic rings. The van der Waals surface area contributed by atoms with E-state index in [1.54, 1.807) is 12.1 Å². The molecule has 2 aromatic rings. The number of rotatable bonds is 2. The normalized spacial score (nSPS) is 23.7. The zero-order chi connectivity index (χ0) is 16.1. The summed E-state index contributed by atoms with van der Waals surface area (Å²) >= 11 is 1.93. The van der Waals surface area contributed by atoms with Gasteiger partial charge in [0.1, 0.15) is 0 Å². The van der Waals surface area contributed by atoms with Crippen molar-refractivity contribution < 1.29 is 10.2 Å². The van der Waals surface area contributed by atoms with Gasteiger partial charge in [-0.2, -0.15) is 0 Å². The maximum atomic E-state index is 9.98. The zero-order valence-corrected chi connectivity index (χ0v) is 14.4. The number of nitrogens with one attached hydrogen (secondary N) is 1. The summed E-state index contributed by atoms with van der Waals surface area (Å²) in [5.41, 5.74) is 3.78. The smallest absolute Gasteiger partial charge is 0.157 e. The minimum atomic E-state index is -0.00565. The van der Waals surface area contributed by atoms with E-state index < -0.39 is 0 Å². The Morgan fingerprint density at radius 2 is 2.00 bits per heavy atom. The second-order valence-electron chi connectivity index (χ2n) is 6.88. The number of hydrogen-bond acceptors (Lipinski definition) is 4. The zero-order valence-electron chi connectivity index (χ0n) is 13.6. The third-order valence-electron chi connectivity index (χ3n) is 5.52. The Bertz CT molecular complexity index is 752. The molecule has 0 amide bonds. The number of fused-ring (bicyclic) bond motifs is 5. The van der Waals surface area contributed by atoms with Crippen LogP contribution in [0.25, 0.3) is 0 Å². The molecule has 4 rings (SSSR count). The molecule has 0 fully saturated rings. The predicted octanol–water partition coefficient (Wildman–Crippen LogP) is 4.22. The van der Waals surface area contributed by atoms with E-state index in [1.165, 1.54) is 26.4 Å². The number of phenolic OH excluding ortho intramolecular Hbond substituents is 2. The van der Waals surface area contributed by atoms with Gasteiger partial charge in [0.15, 0.2) is 11.5 Å². The molecule has 0 spiro atoms. The second-order valence-corrected chi connectivity index (χ2v) is 8.05. The summed E-state index contributed by atoms with van der Waals surface area (Å²) < 4.78 is 0. The van der Waals surface area contributed by atoms with E-state index in [0.717, 1.165) is 25.8 Å². The van der Waals surface area contributed by atoms with Gasteiger partial charge in [0.05, 0.1) is 0 Å². The number of hydrogen-bond donors (Lipinski definition) is 3. The minimum Gasteiger partial charge on any atom is -0.504 e. The first-order valence-electron chi connectivity index (χ1n) is 8.49. The van der Waals surface area contributed by atoms with E-state index in [-0.39, 0.29) is 11.5 Å². The maximum Gasteiger partial charge on any atom is 0.157 e. The highest BCUT2D eigenvalue weighted by Gasteiger charge is 2.37. The number of thiophene rings is 1. The maximum absolute atomic E-state index is 9.98. The highest BCUT2D eigenvalue weighted by atomic mass is 32.1. The van der Waals surface area contributed by atoms with Crippen molar-refractivity contribution in [1.29, 1.82) is 0 Å². The lowest BCUT2D eigenvalue weighted by atomic mass is 9.74. The van der Waals surface area contributed by atoms with Gasteiger partial charge in [-0.3, -0.25) is 0 Å². The van der Waals surface area contributed by atoms with Crippen LogP contribution in [0, 0.1) is 0 Å². The largest absolute Gasteiger partial charge is 0.504 e. The number of aryl methyl sites for hydroxylation is 1. The van der Waals surface area contributed by atoms with Crippen LogP contribution in [0.1, 0.15) is 65.0 Å². The van der Waals surface area contributed by atoms with Gasteiger partial charge in [0, 0.05) is 28.3 Å². The van der Waals surface area contributed by atoms with E-state index in [4.69, 9.17) is 0 Å². The summed E-state index contributed by atoms with van der Waals surface area (Å²) in [5.74, 6) is 0.883. The molecule has 0 bridgehead atoms. The lowest BCUT2D eigenvalue weighted by Crippen LogP contribution is -2.41. The molecular formula is C19H23NO2S. The van der Waals surface area contributed by atoms with Crippen molar-refractivity contribution in [3.8, 4) is 11.5 Å². The second kappa shape index (κ2) is 5.53. The summed E-state index contributed by atoms with van der Waals surface area (Å²) in [6, 6.07) is 6.35. The van der Waals surface area contributed by atoms with Gasteiger partial charge in [-0.15, -0.1) is 11.3 Å². The van der Waals surface area contributed by atoms with Gasteiger partial charge >= 0.3 is 0 Å². The van der Waals surface area contributed by atoms with Crippen LogP contribution < -0.4 is 5.32 Å². The van der Waals surface area contributed by atoms with Gasteiger partial charge < -0.3 is 15.5 Å². The Labute approximate surface area is 141 Å². The summed E-state index contributed by atoms with van der Waals surface area (Å²) in [6.45, 7) is 5.49. The van der Waals surface area contributed by atoms with Crippen LogP contribution >= 0.6 is 11.3 Å². The molecule has 1 aromatic carbocycles. The van der Waals surface area contributed by atoms with Crippen molar-refractivity contribution in [2.75, 3.05) is 0 Å². The van der Waals surface area contributed by atoms with Crippen molar-refractivity contribution in [2.45, 2.75) is 57.5 Å². The average Bonchev–Trinajstić information content (AvgIpc) is 2.99. The number of benzene rings is 1.